The number of benzene rings is 1. The minimum atomic E-state index is 0.779. The zero-order valence-electron chi connectivity index (χ0n) is 9.66. The molecule has 0 saturated carbocycles. The van der Waals surface area contributed by atoms with Crippen molar-refractivity contribution in [2.24, 2.45) is 0 Å². The fourth-order valence-corrected chi connectivity index (χ4v) is 2.71. The van der Waals surface area contributed by atoms with E-state index < -0.39 is 0 Å². The van der Waals surface area contributed by atoms with Gasteiger partial charge in [0.15, 0.2) is 0 Å². The Morgan fingerprint density at radius 2 is 1.93 bits per heavy atom. The summed E-state index contributed by atoms with van der Waals surface area (Å²) >= 11 is 0. The van der Waals surface area contributed by atoms with E-state index >= 15 is 0 Å². The Kier molecular flexibility index (Phi) is 3.43. The average molecular weight is 221 g/mol. The molecule has 15 heavy (non-hydrogen) atoms. The molecule has 1 fully saturated rings. The number of hydrogen-bond acceptors (Lipinski definition) is 1. The topological polar surface area (TPSA) is 3.24 Å². The van der Waals surface area contributed by atoms with Crippen LogP contribution in [-0.2, 0) is 0 Å². The largest absolute Gasteiger partial charge is 0.306 e. The second kappa shape index (κ2) is 4.63. The molecule has 0 aromatic heterocycles. The number of piperidine rings is 1. The van der Waals surface area contributed by atoms with Crippen LogP contribution in [0.1, 0.15) is 29.9 Å². The van der Waals surface area contributed by atoms with Crippen LogP contribution in [0.5, 0.6) is 0 Å². The minimum Gasteiger partial charge on any atom is -0.306 e. The maximum Gasteiger partial charge on any atom is -0.00159 e. The van der Waals surface area contributed by atoms with Crippen molar-refractivity contribution in [3.63, 3.8) is 0 Å². The van der Waals surface area contributed by atoms with Gasteiger partial charge in [-0.05, 0) is 62.3 Å². The molecule has 0 spiro atoms. The maximum absolute atomic E-state index is 2.84. The summed E-state index contributed by atoms with van der Waals surface area (Å²) in [7, 11) is 5.05. The molecule has 0 N–H and O–H groups in total. The van der Waals surface area contributed by atoms with Gasteiger partial charge in [0.05, 0.1) is 0 Å². The van der Waals surface area contributed by atoms with Gasteiger partial charge in [-0.2, -0.15) is 0 Å². The molecule has 1 heterocycles. The van der Waals surface area contributed by atoms with Crippen molar-refractivity contribution < 1.29 is 0 Å². The molecule has 2 rings (SSSR count). The molecular formula is C13H20NP. The van der Waals surface area contributed by atoms with Crippen LogP contribution in [-0.4, -0.2) is 25.0 Å². The molecule has 1 unspecified atom stereocenters. The molecule has 0 radical (unpaired) electrons. The summed E-state index contributed by atoms with van der Waals surface area (Å²) in [6.45, 7) is 4.73. The molecular weight excluding hydrogens is 201 g/mol. The predicted molar refractivity (Wildman–Crippen MR) is 70.0 cm³/mol. The summed E-state index contributed by atoms with van der Waals surface area (Å²) in [5.74, 6) is 0.779. The molecule has 1 aliphatic heterocycles. The van der Waals surface area contributed by atoms with Gasteiger partial charge in [0.1, 0.15) is 0 Å². The van der Waals surface area contributed by atoms with Gasteiger partial charge in [-0.25, -0.2) is 0 Å². The predicted octanol–water partition coefficient (Wildman–Crippen LogP) is 2.30. The highest BCUT2D eigenvalue weighted by atomic mass is 31.0. The van der Waals surface area contributed by atoms with Crippen LogP contribution >= 0.6 is 9.24 Å². The van der Waals surface area contributed by atoms with Crippen molar-refractivity contribution in [3.05, 3.63) is 29.3 Å². The van der Waals surface area contributed by atoms with E-state index in [4.69, 9.17) is 0 Å². The zero-order chi connectivity index (χ0) is 10.8. The van der Waals surface area contributed by atoms with Crippen molar-refractivity contribution in [2.75, 3.05) is 20.1 Å². The van der Waals surface area contributed by atoms with Crippen LogP contribution < -0.4 is 5.30 Å². The molecule has 1 nitrogen and oxygen atoms in total. The molecule has 1 aromatic rings. The quantitative estimate of drug-likeness (QED) is 0.658. The first-order valence-electron chi connectivity index (χ1n) is 5.72. The van der Waals surface area contributed by atoms with Crippen molar-refractivity contribution in [2.45, 2.75) is 25.7 Å². The second-order valence-corrected chi connectivity index (χ2v) is 5.26. The number of hydrogen-bond donors (Lipinski definition) is 0. The lowest BCUT2D eigenvalue weighted by atomic mass is 9.87. The van der Waals surface area contributed by atoms with Gasteiger partial charge < -0.3 is 4.90 Å². The van der Waals surface area contributed by atoms with Crippen LogP contribution in [0.25, 0.3) is 0 Å². The summed E-state index contributed by atoms with van der Waals surface area (Å²) in [6.07, 6.45) is 2.62. The van der Waals surface area contributed by atoms with E-state index in [9.17, 15) is 0 Å². The lowest BCUT2D eigenvalue weighted by molar-refractivity contribution is 0.255. The van der Waals surface area contributed by atoms with Crippen molar-refractivity contribution in [1.29, 1.82) is 0 Å². The molecule has 1 atom stereocenters. The molecule has 2 heteroatoms. The number of likely N-dealkylation sites (tertiary alicyclic amines) is 1. The maximum atomic E-state index is 2.84. The number of nitrogens with zero attached hydrogens (tertiary/aromatic N) is 1. The standard InChI is InChI=1S/C13H20NP/c1-10-12(4-3-5-13(10)15)11-6-8-14(2)9-7-11/h3-5,11H,6-9,15H2,1-2H3. The Morgan fingerprint density at radius 1 is 1.27 bits per heavy atom. The highest BCUT2D eigenvalue weighted by Gasteiger charge is 2.19. The first-order valence-corrected chi connectivity index (χ1v) is 6.29. The summed E-state index contributed by atoms with van der Waals surface area (Å²) in [4.78, 5) is 2.43. The fraction of sp³-hybridized carbons (Fsp3) is 0.538. The Morgan fingerprint density at radius 3 is 2.60 bits per heavy atom. The lowest BCUT2D eigenvalue weighted by Gasteiger charge is -2.30. The van der Waals surface area contributed by atoms with E-state index in [0.29, 0.717) is 0 Å². The average Bonchev–Trinajstić information content (AvgIpc) is 2.24. The summed E-state index contributed by atoms with van der Waals surface area (Å²) < 4.78 is 0. The fourth-order valence-electron chi connectivity index (χ4n) is 2.43. The van der Waals surface area contributed by atoms with E-state index in [2.05, 4.69) is 46.3 Å². The molecule has 0 aliphatic carbocycles. The Balaban J connectivity index is 2.19. The number of rotatable bonds is 1. The third kappa shape index (κ3) is 2.41. The van der Waals surface area contributed by atoms with Crippen molar-refractivity contribution in [1.82, 2.24) is 4.90 Å². The smallest absolute Gasteiger partial charge is 0.00159 e. The van der Waals surface area contributed by atoms with Gasteiger partial charge in [-0.3, -0.25) is 0 Å². The van der Waals surface area contributed by atoms with Crippen LogP contribution in [0.2, 0.25) is 0 Å². The Hall–Kier alpha value is -0.390. The highest BCUT2D eigenvalue weighted by molar-refractivity contribution is 7.27. The second-order valence-electron chi connectivity index (χ2n) is 4.64. The third-order valence-corrected chi connectivity index (χ3v) is 4.20. The normalized spacial score (nSPS) is 19.4. The van der Waals surface area contributed by atoms with Crippen LogP contribution in [0, 0.1) is 6.92 Å². The monoisotopic (exact) mass is 221 g/mol. The van der Waals surface area contributed by atoms with Gasteiger partial charge in [-0.15, -0.1) is 9.24 Å². The molecule has 1 aromatic carbocycles. The van der Waals surface area contributed by atoms with Crippen molar-refractivity contribution >= 4 is 14.5 Å². The summed E-state index contributed by atoms with van der Waals surface area (Å²) in [6, 6.07) is 6.67. The first-order chi connectivity index (χ1) is 7.18. The molecule has 0 amide bonds. The third-order valence-electron chi connectivity index (χ3n) is 3.58. The van der Waals surface area contributed by atoms with E-state index in [1.54, 1.807) is 5.56 Å². The van der Waals surface area contributed by atoms with E-state index in [1.165, 1.54) is 36.8 Å². The van der Waals surface area contributed by atoms with Gasteiger partial charge in [0.2, 0.25) is 0 Å². The Bertz CT molecular complexity index is 340. The van der Waals surface area contributed by atoms with Crippen LogP contribution in [0.15, 0.2) is 18.2 Å². The van der Waals surface area contributed by atoms with Crippen LogP contribution in [0.3, 0.4) is 0 Å². The van der Waals surface area contributed by atoms with Gasteiger partial charge in [0.25, 0.3) is 0 Å². The van der Waals surface area contributed by atoms with Crippen LogP contribution in [0.4, 0.5) is 0 Å². The van der Waals surface area contributed by atoms with Gasteiger partial charge in [-0.1, -0.05) is 18.2 Å². The lowest BCUT2D eigenvalue weighted by Crippen LogP contribution is -2.29. The van der Waals surface area contributed by atoms with Gasteiger partial charge >= 0.3 is 0 Å². The molecule has 82 valence electrons. The molecule has 1 aliphatic rings. The zero-order valence-corrected chi connectivity index (χ0v) is 10.8. The first kappa shape index (κ1) is 11.1. The summed E-state index contributed by atoms with van der Waals surface area (Å²) in [5, 5.41) is 1.35. The highest BCUT2D eigenvalue weighted by Crippen LogP contribution is 2.29. The molecule has 1 saturated heterocycles. The van der Waals surface area contributed by atoms with E-state index in [0.717, 1.165) is 5.92 Å². The van der Waals surface area contributed by atoms with Gasteiger partial charge in [0, 0.05) is 0 Å². The minimum absolute atomic E-state index is 0.779. The molecule has 0 bridgehead atoms. The SMILES string of the molecule is Cc1c(P)cccc1C1CCN(C)CC1. The van der Waals surface area contributed by atoms with Crippen molar-refractivity contribution in [3.8, 4) is 0 Å². The summed E-state index contributed by atoms with van der Waals surface area (Å²) in [5.41, 5.74) is 3.03. The van der Waals surface area contributed by atoms with E-state index in [-0.39, 0.29) is 0 Å². The Labute approximate surface area is 95.1 Å². The van der Waals surface area contributed by atoms with E-state index in [1.807, 2.05) is 0 Å².